The molecule has 1 aromatic carbocycles. The van der Waals surface area contributed by atoms with Gasteiger partial charge in [0.15, 0.2) is 0 Å². The highest BCUT2D eigenvalue weighted by Gasteiger charge is 2.32. The number of anilines is 2. The third kappa shape index (κ3) is 2.21. The predicted molar refractivity (Wildman–Crippen MR) is 85.9 cm³/mol. The fraction of sp³-hybridized carbons (Fsp3) is 0.471. The van der Waals surface area contributed by atoms with Gasteiger partial charge in [-0.15, -0.1) is 0 Å². The van der Waals surface area contributed by atoms with Gasteiger partial charge in [-0.2, -0.15) is 0 Å². The lowest BCUT2D eigenvalue weighted by Crippen LogP contribution is -2.26. The Labute approximate surface area is 120 Å². The third-order valence-corrected chi connectivity index (χ3v) is 4.54. The van der Waals surface area contributed by atoms with Gasteiger partial charge in [0.2, 0.25) is 0 Å². The Morgan fingerprint density at radius 3 is 2.75 bits per heavy atom. The fourth-order valence-corrected chi connectivity index (χ4v) is 3.12. The van der Waals surface area contributed by atoms with Crippen LogP contribution in [-0.4, -0.2) is 18.1 Å². The Bertz CT molecular complexity index is 628. The van der Waals surface area contributed by atoms with Crippen molar-refractivity contribution < 1.29 is 0 Å². The Morgan fingerprint density at radius 2 is 2.05 bits per heavy atom. The summed E-state index contributed by atoms with van der Waals surface area (Å²) in [4.78, 5) is 7.02. The Hall–Kier alpha value is -1.77. The van der Waals surface area contributed by atoms with Crippen LogP contribution in [0.15, 0.2) is 30.5 Å². The molecule has 0 aliphatic carbocycles. The molecule has 1 aliphatic heterocycles. The van der Waals surface area contributed by atoms with Gasteiger partial charge in [0.1, 0.15) is 0 Å². The molecule has 1 aliphatic rings. The summed E-state index contributed by atoms with van der Waals surface area (Å²) in [5.41, 5.74) is 9.49. The molecule has 3 nitrogen and oxygen atoms in total. The number of nitrogens with zero attached hydrogens (tertiary/aromatic N) is 2. The van der Waals surface area contributed by atoms with Gasteiger partial charge in [0.05, 0.1) is 11.2 Å². The first-order valence-electron chi connectivity index (χ1n) is 7.35. The molecule has 0 amide bonds. The molecule has 0 radical (unpaired) electrons. The van der Waals surface area contributed by atoms with E-state index in [9.17, 15) is 0 Å². The number of pyridine rings is 1. The second-order valence-corrected chi connectivity index (χ2v) is 6.87. The molecule has 0 bridgehead atoms. The molecule has 2 heterocycles. The van der Waals surface area contributed by atoms with E-state index in [0.717, 1.165) is 35.6 Å². The molecule has 1 aromatic heterocycles. The van der Waals surface area contributed by atoms with Gasteiger partial charge < -0.3 is 10.6 Å². The normalized spacial score (nSPS) is 19.8. The maximum atomic E-state index is 6.06. The van der Waals surface area contributed by atoms with Gasteiger partial charge in [-0.25, -0.2) is 0 Å². The van der Waals surface area contributed by atoms with E-state index in [1.54, 1.807) is 0 Å². The fourth-order valence-electron chi connectivity index (χ4n) is 3.12. The first-order chi connectivity index (χ1) is 9.47. The lowest BCUT2D eigenvalue weighted by Gasteiger charge is -2.27. The molecule has 1 unspecified atom stereocenters. The van der Waals surface area contributed by atoms with Gasteiger partial charge in [-0.1, -0.05) is 20.8 Å². The number of aromatic nitrogens is 1. The minimum atomic E-state index is 0.367. The lowest BCUT2D eigenvalue weighted by molar-refractivity contribution is 0.263. The van der Waals surface area contributed by atoms with Crippen molar-refractivity contribution in [3.63, 3.8) is 0 Å². The zero-order chi connectivity index (χ0) is 14.3. The van der Waals surface area contributed by atoms with Crippen LogP contribution in [0.3, 0.4) is 0 Å². The van der Waals surface area contributed by atoms with Crippen molar-refractivity contribution >= 4 is 22.3 Å². The molecular formula is C17H23N3. The number of hydrogen-bond donors (Lipinski definition) is 1. The van der Waals surface area contributed by atoms with Gasteiger partial charge >= 0.3 is 0 Å². The van der Waals surface area contributed by atoms with Gasteiger partial charge in [0.25, 0.3) is 0 Å². The van der Waals surface area contributed by atoms with Crippen LogP contribution in [0.4, 0.5) is 11.4 Å². The number of hydrogen-bond acceptors (Lipinski definition) is 3. The molecule has 1 atom stereocenters. The third-order valence-electron chi connectivity index (χ3n) is 4.54. The standard InChI is InChI=1S/C17H23N3/c1-17(2,3)12-8-10-20(11-12)15-7-6-14(18)13-5-4-9-19-16(13)15/h4-7,9,12H,8,10-11,18H2,1-3H3. The van der Waals surface area contributed by atoms with Gasteiger partial charge in [-0.3, -0.25) is 4.98 Å². The molecule has 2 N–H and O–H groups in total. The maximum Gasteiger partial charge on any atom is 0.0955 e. The monoisotopic (exact) mass is 269 g/mol. The Kier molecular flexibility index (Phi) is 3.08. The highest BCUT2D eigenvalue weighted by Crippen LogP contribution is 2.38. The van der Waals surface area contributed by atoms with Crippen molar-refractivity contribution in [1.82, 2.24) is 4.98 Å². The van der Waals surface area contributed by atoms with Gasteiger partial charge in [0, 0.05) is 30.4 Å². The highest BCUT2D eigenvalue weighted by atomic mass is 15.2. The summed E-state index contributed by atoms with van der Waals surface area (Å²) in [6.07, 6.45) is 3.10. The first kappa shape index (κ1) is 13.2. The minimum Gasteiger partial charge on any atom is -0.398 e. The zero-order valence-electron chi connectivity index (χ0n) is 12.6. The average molecular weight is 269 g/mol. The van der Waals surface area contributed by atoms with E-state index in [1.807, 2.05) is 18.3 Å². The number of nitrogens with two attached hydrogens (primary N) is 1. The molecule has 20 heavy (non-hydrogen) atoms. The predicted octanol–water partition coefficient (Wildman–Crippen LogP) is 3.69. The van der Waals surface area contributed by atoms with Gasteiger partial charge in [-0.05, 0) is 42.0 Å². The summed E-state index contributed by atoms with van der Waals surface area (Å²) in [5.74, 6) is 0.735. The van der Waals surface area contributed by atoms with E-state index in [1.165, 1.54) is 12.1 Å². The SMILES string of the molecule is CC(C)(C)C1CCN(c2ccc(N)c3cccnc23)C1. The van der Waals surface area contributed by atoms with Crippen molar-refractivity contribution in [3.05, 3.63) is 30.5 Å². The van der Waals surface area contributed by atoms with Crippen molar-refractivity contribution in [2.75, 3.05) is 23.7 Å². The topological polar surface area (TPSA) is 42.1 Å². The number of rotatable bonds is 1. The summed E-state index contributed by atoms with van der Waals surface area (Å²) < 4.78 is 0. The van der Waals surface area contributed by atoms with Crippen LogP contribution in [0.2, 0.25) is 0 Å². The smallest absolute Gasteiger partial charge is 0.0955 e. The van der Waals surface area contributed by atoms with E-state index in [4.69, 9.17) is 5.73 Å². The van der Waals surface area contributed by atoms with Crippen LogP contribution in [0.5, 0.6) is 0 Å². The summed E-state index contributed by atoms with van der Waals surface area (Å²) in [7, 11) is 0. The van der Waals surface area contributed by atoms with Crippen LogP contribution in [0.1, 0.15) is 27.2 Å². The largest absolute Gasteiger partial charge is 0.398 e. The molecule has 3 rings (SSSR count). The van der Waals surface area contributed by atoms with Crippen LogP contribution in [0.25, 0.3) is 10.9 Å². The Morgan fingerprint density at radius 1 is 1.25 bits per heavy atom. The van der Waals surface area contributed by atoms with Crippen LogP contribution in [-0.2, 0) is 0 Å². The quantitative estimate of drug-likeness (QED) is 0.803. The summed E-state index contributed by atoms with van der Waals surface area (Å²) in [6, 6.07) is 8.13. The zero-order valence-corrected chi connectivity index (χ0v) is 12.6. The van der Waals surface area contributed by atoms with Crippen LogP contribution < -0.4 is 10.6 Å². The van der Waals surface area contributed by atoms with E-state index in [0.29, 0.717) is 5.41 Å². The maximum absolute atomic E-state index is 6.06. The molecule has 3 heteroatoms. The molecule has 1 saturated heterocycles. The van der Waals surface area contributed by atoms with E-state index >= 15 is 0 Å². The molecule has 0 spiro atoms. The van der Waals surface area contributed by atoms with Crippen LogP contribution in [0, 0.1) is 11.3 Å². The number of fused-ring (bicyclic) bond motifs is 1. The highest BCUT2D eigenvalue weighted by molar-refractivity contribution is 5.98. The van der Waals surface area contributed by atoms with E-state index in [2.05, 4.69) is 42.8 Å². The minimum absolute atomic E-state index is 0.367. The van der Waals surface area contributed by atoms with Crippen molar-refractivity contribution in [2.24, 2.45) is 11.3 Å². The second-order valence-electron chi connectivity index (χ2n) is 6.87. The average Bonchev–Trinajstić information content (AvgIpc) is 2.89. The van der Waals surface area contributed by atoms with E-state index < -0.39 is 0 Å². The summed E-state index contributed by atoms with van der Waals surface area (Å²) in [5, 5.41) is 1.06. The molecular weight excluding hydrogens is 246 g/mol. The summed E-state index contributed by atoms with van der Waals surface area (Å²) in [6.45, 7) is 9.22. The molecule has 1 fully saturated rings. The Balaban J connectivity index is 1.98. The number of benzene rings is 1. The molecule has 2 aromatic rings. The molecule has 0 saturated carbocycles. The van der Waals surface area contributed by atoms with Crippen molar-refractivity contribution in [2.45, 2.75) is 27.2 Å². The molecule has 106 valence electrons. The first-order valence-corrected chi connectivity index (χ1v) is 7.35. The van der Waals surface area contributed by atoms with Crippen LogP contribution >= 0.6 is 0 Å². The summed E-state index contributed by atoms with van der Waals surface area (Å²) >= 11 is 0. The number of nitrogen functional groups attached to an aromatic ring is 1. The second kappa shape index (κ2) is 4.65. The van der Waals surface area contributed by atoms with Crippen molar-refractivity contribution in [1.29, 1.82) is 0 Å². The van der Waals surface area contributed by atoms with E-state index in [-0.39, 0.29) is 0 Å². The lowest BCUT2D eigenvalue weighted by atomic mass is 9.80. The van der Waals surface area contributed by atoms with Crippen molar-refractivity contribution in [3.8, 4) is 0 Å².